The second kappa shape index (κ2) is 61.6. The van der Waals surface area contributed by atoms with Crippen molar-refractivity contribution in [1.29, 1.82) is 0 Å². The maximum atomic E-state index is 13.0. The van der Waals surface area contributed by atoms with E-state index in [2.05, 4.69) is 55.4 Å². The highest BCUT2D eigenvalue weighted by Gasteiger charge is 2.30. The molecule has 3 unspecified atom stereocenters. The second-order valence-electron chi connectivity index (χ2n) is 27.6. The van der Waals surface area contributed by atoms with Crippen LogP contribution in [0.25, 0.3) is 0 Å². The van der Waals surface area contributed by atoms with Crippen molar-refractivity contribution in [3.63, 3.8) is 0 Å². The Labute approximate surface area is 556 Å². The minimum atomic E-state index is -4.95. The van der Waals surface area contributed by atoms with E-state index in [9.17, 15) is 43.2 Å². The summed E-state index contributed by atoms with van der Waals surface area (Å²) < 4.78 is 68.4. The summed E-state index contributed by atoms with van der Waals surface area (Å²) in [5.41, 5.74) is 0. The van der Waals surface area contributed by atoms with Crippen LogP contribution in [0.1, 0.15) is 357 Å². The third kappa shape index (κ3) is 65.1. The molecule has 0 saturated heterocycles. The predicted octanol–water partition coefficient (Wildman–Crippen LogP) is 20.5. The summed E-state index contributed by atoms with van der Waals surface area (Å²) in [7, 11) is -9.91. The van der Waals surface area contributed by atoms with E-state index in [-0.39, 0.29) is 25.7 Å². The summed E-state index contributed by atoms with van der Waals surface area (Å²) in [6.07, 6.45) is 44.4. The molecule has 0 radical (unpaired) electrons. The number of hydrogen-bond acceptors (Lipinski definition) is 15. The molecule has 19 heteroatoms. The number of carbonyl (C=O) groups excluding carboxylic acids is 4. The van der Waals surface area contributed by atoms with Crippen molar-refractivity contribution in [3.05, 3.63) is 0 Å². The molecule has 0 fully saturated rings. The van der Waals surface area contributed by atoms with E-state index in [1.165, 1.54) is 154 Å². The minimum Gasteiger partial charge on any atom is -0.462 e. The number of aliphatic hydroxyl groups is 1. The molecule has 17 nitrogen and oxygen atoms in total. The van der Waals surface area contributed by atoms with Crippen LogP contribution >= 0.6 is 15.6 Å². The van der Waals surface area contributed by atoms with Gasteiger partial charge in [0.1, 0.15) is 19.3 Å². The van der Waals surface area contributed by atoms with Crippen molar-refractivity contribution in [3.8, 4) is 0 Å². The number of unbranched alkanes of at least 4 members (excludes halogenated alkanes) is 34. The van der Waals surface area contributed by atoms with Gasteiger partial charge in [-0.05, 0) is 49.4 Å². The SMILES string of the molecule is CCC(C)CCCCCCCCC(=O)OC[C@H](COP(=O)(O)OC[C@H](O)COP(=O)(O)OC[C@@H](COC(=O)CCCCCCCCCCCCC(C)C)OC(=O)CCCCCCCCCCCCCC(C)C)OC(=O)CCCCCCCCCCCCCC(C)C. The van der Waals surface area contributed by atoms with E-state index in [1.807, 2.05) is 0 Å². The topological polar surface area (TPSA) is 237 Å². The molecule has 0 aliphatic heterocycles. The highest BCUT2D eigenvalue weighted by atomic mass is 31.2. The van der Waals surface area contributed by atoms with Crippen LogP contribution in [0.5, 0.6) is 0 Å². The van der Waals surface area contributed by atoms with Crippen LogP contribution in [0.4, 0.5) is 0 Å². The Morgan fingerprint density at radius 3 is 0.780 bits per heavy atom. The first kappa shape index (κ1) is 89.1. The lowest BCUT2D eigenvalue weighted by molar-refractivity contribution is -0.161. The normalized spacial score (nSPS) is 14.5. The van der Waals surface area contributed by atoms with Gasteiger partial charge in [-0.15, -0.1) is 0 Å². The van der Waals surface area contributed by atoms with Crippen molar-refractivity contribution in [1.82, 2.24) is 0 Å². The molecule has 91 heavy (non-hydrogen) atoms. The van der Waals surface area contributed by atoms with Crippen molar-refractivity contribution < 1.29 is 80.2 Å². The maximum Gasteiger partial charge on any atom is 0.472 e. The van der Waals surface area contributed by atoms with Crippen LogP contribution in [-0.2, 0) is 65.4 Å². The monoisotopic (exact) mass is 1340 g/mol. The Morgan fingerprint density at radius 1 is 0.308 bits per heavy atom. The fourth-order valence-electron chi connectivity index (χ4n) is 10.8. The number of phosphoric acid groups is 2. The summed E-state index contributed by atoms with van der Waals surface area (Å²) in [4.78, 5) is 72.6. The first-order valence-electron chi connectivity index (χ1n) is 37.2. The fourth-order valence-corrected chi connectivity index (χ4v) is 12.4. The Balaban J connectivity index is 5.27. The molecule has 0 aliphatic rings. The van der Waals surface area contributed by atoms with Crippen LogP contribution in [0, 0.1) is 23.7 Å². The van der Waals surface area contributed by atoms with Gasteiger partial charge in [0, 0.05) is 25.7 Å². The van der Waals surface area contributed by atoms with E-state index in [0.717, 1.165) is 120 Å². The van der Waals surface area contributed by atoms with Gasteiger partial charge in [0.15, 0.2) is 12.2 Å². The fraction of sp³-hybridized carbons (Fsp3) is 0.944. The third-order valence-electron chi connectivity index (χ3n) is 16.9. The van der Waals surface area contributed by atoms with Gasteiger partial charge in [0.05, 0.1) is 26.4 Å². The standard InChI is InChI=1S/C72H140O17P2/c1-9-65(8)51-43-35-30-31-37-45-53-70(75)83-59-68(89-72(77)55-47-39-29-23-15-11-13-19-25-33-41-49-63(4)5)61-87-91(80,81)85-57-66(73)56-84-90(78,79)86-60-67(58-82-69(74)52-44-36-27-21-17-16-20-26-34-42-50-64(6)7)88-71(76)54-46-38-28-22-14-10-12-18-24-32-40-48-62(2)3/h62-68,73H,9-61H2,1-8H3,(H,78,79)(H,80,81)/t65?,66-,67-,68-/m1/s1. The van der Waals surface area contributed by atoms with Crippen LogP contribution in [0.15, 0.2) is 0 Å². The molecule has 6 atom stereocenters. The quantitative estimate of drug-likeness (QED) is 0.0222. The van der Waals surface area contributed by atoms with E-state index in [4.69, 9.17) is 37.0 Å². The summed E-state index contributed by atoms with van der Waals surface area (Å²) in [6.45, 7) is 14.1. The molecule has 540 valence electrons. The molecule has 0 rings (SSSR count). The van der Waals surface area contributed by atoms with Crippen LogP contribution < -0.4 is 0 Å². The Bertz CT molecular complexity index is 1800. The van der Waals surface area contributed by atoms with Crippen molar-refractivity contribution >= 4 is 39.5 Å². The van der Waals surface area contributed by atoms with Gasteiger partial charge in [0.25, 0.3) is 0 Å². The van der Waals surface area contributed by atoms with Crippen LogP contribution in [0.2, 0.25) is 0 Å². The molecule has 0 spiro atoms. The number of hydrogen-bond donors (Lipinski definition) is 3. The molecule has 0 aromatic rings. The van der Waals surface area contributed by atoms with Gasteiger partial charge < -0.3 is 33.8 Å². The molecule has 0 aromatic heterocycles. The maximum absolute atomic E-state index is 13.0. The highest BCUT2D eigenvalue weighted by Crippen LogP contribution is 2.45. The average Bonchev–Trinajstić information content (AvgIpc) is 3.45. The van der Waals surface area contributed by atoms with E-state index in [0.29, 0.717) is 25.7 Å². The molecule has 0 aromatic carbocycles. The third-order valence-corrected chi connectivity index (χ3v) is 18.8. The number of phosphoric ester groups is 2. The molecule has 3 N–H and O–H groups in total. The highest BCUT2D eigenvalue weighted by molar-refractivity contribution is 7.47. The first-order valence-corrected chi connectivity index (χ1v) is 40.2. The summed E-state index contributed by atoms with van der Waals surface area (Å²) >= 11 is 0. The first-order chi connectivity index (χ1) is 43.6. The lowest BCUT2D eigenvalue weighted by atomic mass is 10.00. The lowest BCUT2D eigenvalue weighted by Crippen LogP contribution is -2.30. The number of carbonyl (C=O) groups is 4. The smallest absolute Gasteiger partial charge is 0.462 e. The molecular formula is C72H140O17P2. The number of ether oxygens (including phenoxy) is 4. The molecule has 0 amide bonds. The van der Waals surface area contributed by atoms with Gasteiger partial charge in [-0.3, -0.25) is 37.3 Å². The summed E-state index contributed by atoms with van der Waals surface area (Å²) in [5.74, 6) is 0.893. The summed E-state index contributed by atoms with van der Waals surface area (Å²) in [6, 6.07) is 0. The van der Waals surface area contributed by atoms with Gasteiger partial charge in [-0.1, -0.05) is 306 Å². The zero-order valence-corrected chi connectivity index (χ0v) is 61.3. The molecular weight excluding hydrogens is 1200 g/mol. The second-order valence-corrected chi connectivity index (χ2v) is 30.6. The predicted molar refractivity (Wildman–Crippen MR) is 367 cm³/mol. The van der Waals surface area contributed by atoms with E-state index >= 15 is 0 Å². The average molecular weight is 1340 g/mol. The Kier molecular flexibility index (Phi) is 60.3. The Hall–Kier alpha value is -1.94. The number of rotatable bonds is 69. The number of esters is 4. The van der Waals surface area contributed by atoms with E-state index in [1.54, 1.807) is 0 Å². The van der Waals surface area contributed by atoms with Gasteiger partial charge in [-0.25, -0.2) is 9.13 Å². The van der Waals surface area contributed by atoms with Gasteiger partial charge >= 0.3 is 39.5 Å². The largest absolute Gasteiger partial charge is 0.472 e. The minimum absolute atomic E-state index is 0.105. The molecule has 0 bridgehead atoms. The lowest BCUT2D eigenvalue weighted by Gasteiger charge is -2.21. The molecule has 0 saturated carbocycles. The molecule has 0 heterocycles. The summed E-state index contributed by atoms with van der Waals surface area (Å²) in [5, 5.41) is 10.6. The zero-order chi connectivity index (χ0) is 67.5. The molecule has 0 aliphatic carbocycles. The van der Waals surface area contributed by atoms with Crippen molar-refractivity contribution in [2.24, 2.45) is 23.7 Å². The van der Waals surface area contributed by atoms with Crippen molar-refractivity contribution in [2.45, 2.75) is 375 Å². The van der Waals surface area contributed by atoms with Crippen molar-refractivity contribution in [2.75, 3.05) is 39.6 Å². The van der Waals surface area contributed by atoms with Crippen LogP contribution in [-0.4, -0.2) is 96.7 Å². The van der Waals surface area contributed by atoms with Gasteiger partial charge in [0.2, 0.25) is 0 Å². The van der Waals surface area contributed by atoms with Gasteiger partial charge in [-0.2, -0.15) is 0 Å². The van der Waals surface area contributed by atoms with E-state index < -0.39 is 97.5 Å². The van der Waals surface area contributed by atoms with Crippen LogP contribution in [0.3, 0.4) is 0 Å². The number of aliphatic hydroxyl groups excluding tert-OH is 1. The zero-order valence-electron chi connectivity index (χ0n) is 59.5. The Morgan fingerprint density at radius 2 is 0.527 bits per heavy atom.